The van der Waals surface area contributed by atoms with Crippen molar-refractivity contribution in [1.29, 1.82) is 0 Å². The second kappa shape index (κ2) is 13.0. The van der Waals surface area contributed by atoms with E-state index in [-0.39, 0.29) is 24.0 Å². The molecule has 0 atom stereocenters. The summed E-state index contributed by atoms with van der Waals surface area (Å²) < 4.78 is 50.3. The predicted octanol–water partition coefficient (Wildman–Crippen LogP) is 7.92. The number of hydrogen-bond donors (Lipinski definition) is 0. The summed E-state index contributed by atoms with van der Waals surface area (Å²) in [6, 6.07) is 19.0. The summed E-state index contributed by atoms with van der Waals surface area (Å²) in [5.74, 6) is 0.890. The number of amides is 1. The number of halogens is 3. The summed E-state index contributed by atoms with van der Waals surface area (Å²) in [6.07, 6.45) is -3.08. The number of thiazole rings is 1. The van der Waals surface area contributed by atoms with Gasteiger partial charge in [0.25, 0.3) is 0 Å². The van der Waals surface area contributed by atoms with E-state index >= 15 is 0 Å². The molecular weight excluding hydrogens is 615 g/mol. The minimum Gasteiger partial charge on any atom is -0.497 e. The van der Waals surface area contributed by atoms with Gasteiger partial charge in [-0.2, -0.15) is 4.99 Å². The summed E-state index contributed by atoms with van der Waals surface area (Å²) in [5.41, 5.74) is 4.77. The van der Waals surface area contributed by atoms with E-state index in [9.17, 15) is 18.0 Å². The average Bonchev–Trinajstić information content (AvgIpc) is 3.63. The minimum atomic E-state index is -4.76. The first kappa shape index (κ1) is 32.7. The normalized spacial score (nSPS) is 12.5. The van der Waals surface area contributed by atoms with E-state index in [4.69, 9.17) is 4.74 Å². The Morgan fingerprint density at radius 3 is 2.30 bits per heavy atom. The van der Waals surface area contributed by atoms with Crippen LogP contribution < -0.4 is 14.3 Å². The van der Waals surface area contributed by atoms with Gasteiger partial charge in [-0.3, -0.25) is 9.36 Å². The maximum atomic E-state index is 13.4. The summed E-state index contributed by atoms with van der Waals surface area (Å²) in [5, 5.41) is 6.46. The summed E-state index contributed by atoms with van der Waals surface area (Å²) >= 11 is 1.43. The van der Waals surface area contributed by atoms with Crippen molar-refractivity contribution in [2.45, 2.75) is 58.7 Å². The molecule has 240 valence electrons. The van der Waals surface area contributed by atoms with Crippen LogP contribution in [0.15, 0.2) is 83.4 Å². The van der Waals surface area contributed by atoms with Crippen LogP contribution in [0.2, 0.25) is 0 Å². The topological polar surface area (TPSA) is 83.5 Å². The third-order valence-electron chi connectivity index (χ3n) is 7.54. The maximum Gasteiger partial charge on any atom is 0.573 e. The smallest absolute Gasteiger partial charge is 0.497 e. The molecule has 0 saturated carbocycles. The predicted molar refractivity (Wildman–Crippen MR) is 171 cm³/mol. The molecule has 8 nitrogen and oxygen atoms in total. The maximum absolute atomic E-state index is 13.4. The number of alkyl halides is 3. The van der Waals surface area contributed by atoms with E-state index < -0.39 is 11.8 Å². The molecule has 3 aromatic carbocycles. The minimum absolute atomic E-state index is 0.194. The van der Waals surface area contributed by atoms with Crippen molar-refractivity contribution in [3.8, 4) is 34.3 Å². The number of benzene rings is 3. The van der Waals surface area contributed by atoms with E-state index in [1.54, 1.807) is 7.11 Å². The quantitative estimate of drug-likeness (QED) is 0.162. The fourth-order valence-corrected chi connectivity index (χ4v) is 6.00. The van der Waals surface area contributed by atoms with Gasteiger partial charge >= 0.3 is 6.36 Å². The lowest BCUT2D eigenvalue weighted by Crippen LogP contribution is -2.24. The third-order valence-corrected chi connectivity index (χ3v) is 8.49. The van der Waals surface area contributed by atoms with Crippen LogP contribution in [0, 0.1) is 6.92 Å². The van der Waals surface area contributed by atoms with Crippen LogP contribution in [0.3, 0.4) is 0 Å². The zero-order valence-electron chi connectivity index (χ0n) is 26.3. The van der Waals surface area contributed by atoms with Crippen molar-refractivity contribution in [2.24, 2.45) is 4.99 Å². The molecule has 12 heteroatoms. The molecule has 5 rings (SSSR count). The van der Waals surface area contributed by atoms with E-state index in [1.165, 1.54) is 46.6 Å². The zero-order valence-corrected chi connectivity index (χ0v) is 27.1. The van der Waals surface area contributed by atoms with Crippen LogP contribution in [0.4, 0.5) is 13.2 Å². The molecule has 1 amide bonds. The first-order valence-electron chi connectivity index (χ1n) is 14.6. The van der Waals surface area contributed by atoms with E-state index in [2.05, 4.69) is 39.7 Å². The molecule has 0 N–H and O–H groups in total. The highest BCUT2D eigenvalue weighted by molar-refractivity contribution is 7.07. The number of aromatic nitrogens is 4. The van der Waals surface area contributed by atoms with Gasteiger partial charge in [-0.05, 0) is 59.7 Å². The SMILES string of the molecule is COc1ccc(C(C)C)c(-n2c(C)csc2=NC(=O)CC(C)(C)c2ccc(-c3ncn(-c4ccc(OC(F)(F)F)cc4)n3)cc2)c1. The van der Waals surface area contributed by atoms with Gasteiger partial charge in [-0.1, -0.05) is 58.0 Å². The van der Waals surface area contributed by atoms with Gasteiger partial charge in [0.2, 0.25) is 5.91 Å². The fraction of sp³-hybridized carbons (Fsp3) is 0.294. The molecule has 0 unspecified atom stereocenters. The second-order valence-corrected chi connectivity index (χ2v) is 12.6. The lowest BCUT2D eigenvalue weighted by atomic mass is 9.81. The molecule has 0 spiro atoms. The Morgan fingerprint density at radius 1 is 1.00 bits per heavy atom. The molecule has 0 aliphatic rings. The highest BCUT2D eigenvalue weighted by Gasteiger charge is 2.31. The standard InChI is InChI=1S/C34H34F3N5O3S/c1-21(2)28-16-15-27(44-6)17-29(28)42-22(3)19-46-32(42)39-30(43)18-33(4,5)24-9-7-23(8-10-24)31-38-20-41(40-31)25-11-13-26(14-12-25)45-34(35,36)37/h7-17,19-21H,18H2,1-6H3. The Bertz CT molecular complexity index is 1900. The van der Waals surface area contributed by atoms with Crippen molar-refractivity contribution in [3.05, 3.63) is 100 Å². The number of aryl methyl sites for hydroxylation is 1. The zero-order chi connectivity index (χ0) is 33.2. The number of ether oxygens (including phenoxy) is 2. The summed E-state index contributed by atoms with van der Waals surface area (Å²) in [4.78, 5) is 22.9. The van der Waals surface area contributed by atoms with Crippen molar-refractivity contribution in [3.63, 3.8) is 0 Å². The highest BCUT2D eigenvalue weighted by atomic mass is 32.1. The average molecular weight is 650 g/mol. The molecular formula is C34H34F3N5O3S. The molecule has 0 saturated heterocycles. The largest absolute Gasteiger partial charge is 0.573 e. The molecule has 0 radical (unpaired) electrons. The lowest BCUT2D eigenvalue weighted by Gasteiger charge is -2.23. The molecule has 0 fully saturated rings. The van der Waals surface area contributed by atoms with Gasteiger partial charge in [0.05, 0.1) is 18.5 Å². The van der Waals surface area contributed by atoms with Gasteiger partial charge in [-0.15, -0.1) is 29.6 Å². The number of carbonyl (C=O) groups is 1. The number of rotatable bonds is 9. The van der Waals surface area contributed by atoms with E-state index in [0.29, 0.717) is 16.3 Å². The third kappa shape index (κ3) is 7.39. The number of hydrogen-bond acceptors (Lipinski definition) is 6. The molecule has 5 aromatic rings. The Hall–Kier alpha value is -4.71. The Balaban J connectivity index is 1.33. The molecule has 2 heterocycles. The number of nitrogens with zero attached hydrogens (tertiary/aromatic N) is 5. The van der Waals surface area contributed by atoms with Crippen molar-refractivity contribution < 1.29 is 27.4 Å². The van der Waals surface area contributed by atoms with Crippen LogP contribution in [0.5, 0.6) is 11.5 Å². The van der Waals surface area contributed by atoms with Crippen molar-refractivity contribution in [1.82, 2.24) is 19.3 Å². The Labute approximate surface area is 268 Å². The van der Waals surface area contributed by atoms with E-state index in [1.807, 2.05) is 67.1 Å². The first-order valence-corrected chi connectivity index (χ1v) is 15.4. The van der Waals surface area contributed by atoms with Crippen LogP contribution in [-0.2, 0) is 10.2 Å². The van der Waals surface area contributed by atoms with Gasteiger partial charge < -0.3 is 9.47 Å². The van der Waals surface area contributed by atoms with Crippen LogP contribution in [-0.4, -0.2) is 38.7 Å². The van der Waals surface area contributed by atoms with Crippen molar-refractivity contribution in [2.75, 3.05) is 7.11 Å². The van der Waals surface area contributed by atoms with Gasteiger partial charge in [0, 0.05) is 29.1 Å². The van der Waals surface area contributed by atoms with Crippen LogP contribution >= 0.6 is 11.3 Å². The second-order valence-electron chi connectivity index (χ2n) is 11.8. The fourth-order valence-electron chi connectivity index (χ4n) is 5.11. The lowest BCUT2D eigenvalue weighted by molar-refractivity contribution is -0.274. The summed E-state index contributed by atoms with van der Waals surface area (Å²) in [6.45, 7) is 10.3. The van der Waals surface area contributed by atoms with Crippen LogP contribution in [0.25, 0.3) is 22.8 Å². The number of carbonyl (C=O) groups excluding carboxylic acids is 1. The molecule has 0 aliphatic heterocycles. The van der Waals surface area contributed by atoms with Gasteiger partial charge in [0.1, 0.15) is 17.8 Å². The molecule has 0 bridgehead atoms. The van der Waals surface area contributed by atoms with Crippen LogP contribution in [0.1, 0.15) is 56.9 Å². The molecule has 0 aliphatic carbocycles. The molecule has 2 aromatic heterocycles. The van der Waals surface area contributed by atoms with E-state index in [0.717, 1.165) is 33.8 Å². The number of methoxy groups -OCH3 is 1. The Kier molecular flexibility index (Phi) is 9.20. The first-order chi connectivity index (χ1) is 21.7. The Morgan fingerprint density at radius 2 is 1.67 bits per heavy atom. The molecule has 46 heavy (non-hydrogen) atoms. The monoisotopic (exact) mass is 649 g/mol. The summed E-state index contributed by atoms with van der Waals surface area (Å²) in [7, 11) is 1.63. The van der Waals surface area contributed by atoms with Crippen molar-refractivity contribution >= 4 is 17.2 Å². The van der Waals surface area contributed by atoms with Gasteiger partial charge in [0.15, 0.2) is 10.6 Å². The van der Waals surface area contributed by atoms with Gasteiger partial charge in [-0.25, -0.2) is 9.67 Å². The highest BCUT2D eigenvalue weighted by Crippen LogP contribution is 2.31.